The lowest BCUT2D eigenvalue weighted by molar-refractivity contribution is 0.0691. The lowest BCUT2D eigenvalue weighted by atomic mass is 10.5. The zero-order valence-corrected chi connectivity index (χ0v) is 9.35. The van der Waals surface area contributed by atoms with Gasteiger partial charge in [0.25, 0.3) is 0 Å². The highest BCUT2D eigenvalue weighted by molar-refractivity contribution is 7.16. The molecule has 78 valence electrons. The number of carboxylic acids is 1. The number of thiazole rings is 2. The van der Waals surface area contributed by atoms with E-state index in [-0.39, 0.29) is 5.69 Å². The van der Waals surface area contributed by atoms with Crippen molar-refractivity contribution in [3.63, 3.8) is 0 Å². The Morgan fingerprint density at radius 1 is 1.33 bits per heavy atom. The van der Waals surface area contributed by atoms with Crippen molar-refractivity contribution in [3.8, 4) is 0 Å². The minimum Gasteiger partial charge on any atom is -0.476 e. The number of aromatic carboxylic acids is 1. The van der Waals surface area contributed by atoms with Gasteiger partial charge in [0, 0.05) is 10.8 Å². The lowest BCUT2D eigenvalue weighted by Crippen LogP contribution is -1.96. The van der Waals surface area contributed by atoms with Crippen LogP contribution in [0.25, 0.3) is 0 Å². The maximum absolute atomic E-state index is 10.6. The van der Waals surface area contributed by atoms with Gasteiger partial charge in [-0.05, 0) is 6.92 Å². The van der Waals surface area contributed by atoms with Gasteiger partial charge in [0.1, 0.15) is 0 Å². The molecule has 0 amide bonds. The van der Waals surface area contributed by atoms with Gasteiger partial charge in [-0.25, -0.2) is 14.8 Å². The molecule has 0 radical (unpaired) electrons. The van der Waals surface area contributed by atoms with Crippen molar-refractivity contribution in [2.24, 2.45) is 0 Å². The maximum Gasteiger partial charge on any atom is 0.355 e. The van der Waals surface area contributed by atoms with Gasteiger partial charge in [0.05, 0.1) is 5.69 Å². The Morgan fingerprint density at radius 2 is 2.00 bits per heavy atom. The SMILES string of the molecule is Cc1csc(Nc2nc(C(=O)O)cs2)n1. The molecule has 5 nitrogen and oxygen atoms in total. The molecule has 2 N–H and O–H groups in total. The summed E-state index contributed by atoms with van der Waals surface area (Å²) in [5.41, 5.74) is 0.980. The average molecular weight is 241 g/mol. The fourth-order valence-electron chi connectivity index (χ4n) is 0.932. The van der Waals surface area contributed by atoms with E-state index in [0.717, 1.165) is 10.8 Å². The smallest absolute Gasteiger partial charge is 0.355 e. The second kappa shape index (κ2) is 3.95. The van der Waals surface area contributed by atoms with Crippen molar-refractivity contribution in [1.82, 2.24) is 9.97 Å². The van der Waals surface area contributed by atoms with E-state index in [1.54, 1.807) is 0 Å². The number of anilines is 2. The van der Waals surface area contributed by atoms with Crippen LogP contribution in [0.4, 0.5) is 10.3 Å². The Kier molecular flexibility index (Phi) is 2.65. The van der Waals surface area contributed by atoms with Crippen molar-refractivity contribution >= 4 is 38.9 Å². The fraction of sp³-hybridized carbons (Fsp3) is 0.125. The monoisotopic (exact) mass is 241 g/mol. The molecule has 2 rings (SSSR count). The van der Waals surface area contributed by atoms with Crippen LogP contribution in [0.1, 0.15) is 16.2 Å². The number of carboxylic acid groups (broad SMARTS) is 1. The third-order valence-electron chi connectivity index (χ3n) is 1.56. The first kappa shape index (κ1) is 10.1. The summed E-state index contributed by atoms with van der Waals surface area (Å²) in [6, 6.07) is 0. The third kappa shape index (κ3) is 2.31. The highest BCUT2D eigenvalue weighted by Crippen LogP contribution is 2.23. The summed E-state index contributed by atoms with van der Waals surface area (Å²) in [6.45, 7) is 1.90. The largest absolute Gasteiger partial charge is 0.476 e. The van der Waals surface area contributed by atoms with E-state index in [0.29, 0.717) is 5.13 Å². The van der Waals surface area contributed by atoms with Gasteiger partial charge in [-0.1, -0.05) is 0 Å². The Morgan fingerprint density at radius 3 is 2.53 bits per heavy atom. The van der Waals surface area contributed by atoms with Crippen LogP contribution in [-0.4, -0.2) is 21.0 Å². The normalized spacial score (nSPS) is 10.2. The third-order valence-corrected chi connectivity index (χ3v) is 3.19. The molecule has 2 aromatic rings. The topological polar surface area (TPSA) is 75.1 Å². The summed E-state index contributed by atoms with van der Waals surface area (Å²) in [7, 11) is 0. The average Bonchev–Trinajstić information content (AvgIpc) is 2.76. The summed E-state index contributed by atoms with van der Waals surface area (Å²) < 4.78 is 0. The first-order valence-electron chi connectivity index (χ1n) is 4.03. The molecule has 7 heteroatoms. The predicted molar refractivity (Wildman–Crippen MR) is 59.2 cm³/mol. The number of nitrogens with one attached hydrogen (secondary N) is 1. The molecule has 0 aliphatic carbocycles. The van der Waals surface area contributed by atoms with Crippen molar-refractivity contribution in [2.75, 3.05) is 5.32 Å². The summed E-state index contributed by atoms with van der Waals surface area (Å²) >= 11 is 2.70. The molecule has 2 heterocycles. The van der Waals surface area contributed by atoms with Crippen molar-refractivity contribution in [2.45, 2.75) is 6.92 Å². The van der Waals surface area contributed by atoms with Crippen LogP contribution >= 0.6 is 22.7 Å². The Bertz CT molecular complexity index is 492. The molecule has 0 aliphatic rings. The van der Waals surface area contributed by atoms with Crippen molar-refractivity contribution < 1.29 is 9.90 Å². The molecule has 0 saturated heterocycles. The molecule has 15 heavy (non-hydrogen) atoms. The van der Waals surface area contributed by atoms with E-state index in [1.165, 1.54) is 28.1 Å². The van der Waals surface area contributed by atoms with E-state index in [4.69, 9.17) is 5.11 Å². The molecule has 0 fully saturated rings. The quantitative estimate of drug-likeness (QED) is 0.862. The highest BCUT2D eigenvalue weighted by atomic mass is 32.1. The number of hydrogen-bond acceptors (Lipinski definition) is 6. The molecule has 0 aromatic carbocycles. The minimum absolute atomic E-state index is 0.0516. The van der Waals surface area contributed by atoms with Crippen LogP contribution in [0.5, 0.6) is 0 Å². The zero-order valence-electron chi connectivity index (χ0n) is 7.72. The van der Waals surface area contributed by atoms with Crippen molar-refractivity contribution in [1.29, 1.82) is 0 Å². The standard InChI is InChI=1S/C8H7N3O2S2/c1-4-2-14-7(9-4)11-8-10-5(3-15-8)6(12)13/h2-3H,1H3,(H,12,13)(H,9,10,11). The molecular formula is C8H7N3O2S2. The van der Waals surface area contributed by atoms with Crippen LogP contribution < -0.4 is 5.32 Å². The fourth-order valence-corrected chi connectivity index (χ4v) is 2.37. The molecule has 0 bridgehead atoms. The summed E-state index contributed by atoms with van der Waals surface area (Å²) in [5.74, 6) is -1.02. The first-order valence-corrected chi connectivity index (χ1v) is 5.79. The second-order valence-corrected chi connectivity index (χ2v) is 4.48. The molecular weight excluding hydrogens is 234 g/mol. The number of carbonyl (C=O) groups is 1. The Labute approximate surface area is 93.4 Å². The van der Waals surface area contributed by atoms with Crippen LogP contribution in [0.3, 0.4) is 0 Å². The van der Waals surface area contributed by atoms with Gasteiger partial charge >= 0.3 is 5.97 Å². The molecule has 2 aromatic heterocycles. The van der Waals surface area contributed by atoms with E-state index in [1.807, 2.05) is 12.3 Å². The van der Waals surface area contributed by atoms with Crippen molar-refractivity contribution in [3.05, 3.63) is 22.1 Å². The van der Waals surface area contributed by atoms with Gasteiger partial charge in [-0.3, -0.25) is 0 Å². The Hall–Kier alpha value is -1.47. The van der Waals surface area contributed by atoms with Gasteiger partial charge in [0.15, 0.2) is 16.0 Å². The van der Waals surface area contributed by atoms with E-state index in [2.05, 4.69) is 15.3 Å². The highest BCUT2D eigenvalue weighted by Gasteiger charge is 2.09. The lowest BCUT2D eigenvalue weighted by Gasteiger charge is -1.94. The summed E-state index contributed by atoms with van der Waals surface area (Å²) in [4.78, 5) is 18.6. The van der Waals surface area contributed by atoms with Gasteiger partial charge < -0.3 is 10.4 Å². The number of hydrogen-bond donors (Lipinski definition) is 2. The van der Waals surface area contributed by atoms with Crippen LogP contribution in [0.15, 0.2) is 10.8 Å². The summed E-state index contributed by atoms with van der Waals surface area (Å²) in [5, 5.41) is 16.3. The summed E-state index contributed by atoms with van der Waals surface area (Å²) in [6.07, 6.45) is 0. The van der Waals surface area contributed by atoms with Gasteiger partial charge in [0.2, 0.25) is 0 Å². The van der Waals surface area contributed by atoms with Crippen LogP contribution in [-0.2, 0) is 0 Å². The number of rotatable bonds is 3. The molecule has 0 spiro atoms. The predicted octanol–water partition coefficient (Wildman–Crippen LogP) is 2.35. The number of aromatic nitrogens is 2. The molecule has 0 atom stereocenters. The maximum atomic E-state index is 10.6. The van der Waals surface area contributed by atoms with E-state index >= 15 is 0 Å². The molecule has 0 aliphatic heterocycles. The van der Waals surface area contributed by atoms with E-state index < -0.39 is 5.97 Å². The minimum atomic E-state index is -1.02. The number of aryl methyl sites for hydroxylation is 1. The Balaban J connectivity index is 2.14. The first-order chi connectivity index (χ1) is 7.15. The molecule has 0 unspecified atom stereocenters. The molecule has 0 saturated carbocycles. The zero-order chi connectivity index (χ0) is 10.8. The van der Waals surface area contributed by atoms with Gasteiger partial charge in [-0.2, -0.15) is 0 Å². The van der Waals surface area contributed by atoms with Crippen LogP contribution in [0.2, 0.25) is 0 Å². The van der Waals surface area contributed by atoms with E-state index in [9.17, 15) is 4.79 Å². The van der Waals surface area contributed by atoms with Crippen LogP contribution in [0, 0.1) is 6.92 Å². The van der Waals surface area contributed by atoms with Gasteiger partial charge in [-0.15, -0.1) is 22.7 Å². The second-order valence-electron chi connectivity index (χ2n) is 2.76. The number of nitrogens with zero attached hydrogens (tertiary/aromatic N) is 2.